The molecule has 9 heteroatoms. The van der Waals surface area contributed by atoms with E-state index in [4.69, 9.17) is 16.7 Å². The minimum absolute atomic E-state index is 0.101. The molecule has 0 bridgehead atoms. The number of carbonyl (C=O) groups is 1. The van der Waals surface area contributed by atoms with Gasteiger partial charge < -0.3 is 10.4 Å². The fraction of sp³-hybridized carbons (Fsp3) is 0.222. The molecule has 1 amide bonds. The number of hydrogen-bond donors (Lipinski definition) is 3. The Labute approximate surface area is 123 Å². The summed E-state index contributed by atoms with van der Waals surface area (Å²) >= 11 is 7.87. The number of rotatable bonds is 4. The van der Waals surface area contributed by atoms with Gasteiger partial charge in [-0.25, -0.2) is 13.2 Å². The Morgan fingerprint density at radius 1 is 1.50 bits per heavy atom. The van der Waals surface area contributed by atoms with E-state index < -0.39 is 16.1 Å². The number of amides is 1. The third-order valence-corrected chi connectivity index (χ3v) is 3.56. The van der Waals surface area contributed by atoms with Gasteiger partial charge in [-0.05, 0) is 40.3 Å². The van der Waals surface area contributed by atoms with Crippen LogP contribution in [0.25, 0.3) is 0 Å². The van der Waals surface area contributed by atoms with Crippen molar-refractivity contribution in [2.75, 3.05) is 11.0 Å². The molecule has 0 aliphatic rings. The first-order chi connectivity index (χ1) is 8.19. The Balaban J connectivity index is 3.01. The summed E-state index contributed by atoms with van der Waals surface area (Å²) in [7, 11) is -3.41. The van der Waals surface area contributed by atoms with Crippen molar-refractivity contribution in [3.8, 4) is 0 Å². The van der Waals surface area contributed by atoms with E-state index in [1.54, 1.807) is 6.07 Å². The summed E-state index contributed by atoms with van der Waals surface area (Å²) in [4.78, 5) is 10.4. The van der Waals surface area contributed by atoms with Crippen molar-refractivity contribution in [3.05, 3.63) is 26.3 Å². The average molecular weight is 405 g/mol. The van der Waals surface area contributed by atoms with Crippen LogP contribution in [0.5, 0.6) is 0 Å². The topological polar surface area (TPSA) is 95.5 Å². The van der Waals surface area contributed by atoms with Crippen LogP contribution in [-0.2, 0) is 16.6 Å². The standard InChI is InChI=1S/C9H10ClIN2O4S/c1-18(16,17)13-8-6(10)2-5(3-7(8)11)4-12-9(14)15/h2-3,12-13H,4H2,1H3,(H,14,15). The third kappa shape index (κ3) is 4.86. The van der Waals surface area contributed by atoms with E-state index in [0.29, 0.717) is 14.8 Å². The number of carboxylic acid groups (broad SMARTS) is 1. The van der Waals surface area contributed by atoms with Crippen LogP contribution in [-0.4, -0.2) is 25.9 Å². The lowest BCUT2D eigenvalue weighted by Gasteiger charge is -2.11. The molecule has 0 aliphatic heterocycles. The van der Waals surface area contributed by atoms with Gasteiger partial charge in [-0.15, -0.1) is 0 Å². The van der Waals surface area contributed by atoms with E-state index in [2.05, 4.69) is 10.0 Å². The van der Waals surface area contributed by atoms with Crippen LogP contribution in [0.15, 0.2) is 12.1 Å². The molecule has 6 nitrogen and oxygen atoms in total. The highest BCUT2D eigenvalue weighted by molar-refractivity contribution is 14.1. The van der Waals surface area contributed by atoms with Crippen LogP contribution >= 0.6 is 34.2 Å². The molecule has 0 radical (unpaired) electrons. The lowest BCUT2D eigenvalue weighted by Crippen LogP contribution is -2.20. The number of halogens is 2. The smallest absolute Gasteiger partial charge is 0.404 e. The van der Waals surface area contributed by atoms with Gasteiger partial charge in [0.2, 0.25) is 10.0 Å². The third-order valence-electron chi connectivity index (χ3n) is 1.83. The first kappa shape index (κ1) is 15.3. The summed E-state index contributed by atoms with van der Waals surface area (Å²) in [6.45, 7) is 0.101. The fourth-order valence-corrected chi connectivity index (χ4v) is 3.29. The van der Waals surface area contributed by atoms with E-state index in [1.807, 2.05) is 22.6 Å². The number of anilines is 1. The molecule has 18 heavy (non-hydrogen) atoms. The molecular formula is C9H10ClIN2O4S. The molecule has 0 unspecified atom stereocenters. The van der Waals surface area contributed by atoms with Gasteiger partial charge in [-0.2, -0.15) is 0 Å². The molecule has 0 atom stereocenters. The first-order valence-corrected chi connectivity index (χ1v) is 7.96. The van der Waals surface area contributed by atoms with Gasteiger partial charge in [-0.3, -0.25) is 4.72 Å². The fourth-order valence-electron chi connectivity index (χ4n) is 1.19. The Morgan fingerprint density at radius 2 is 2.11 bits per heavy atom. The van der Waals surface area contributed by atoms with E-state index in [9.17, 15) is 13.2 Å². The molecule has 0 saturated carbocycles. The number of hydrogen-bond acceptors (Lipinski definition) is 3. The van der Waals surface area contributed by atoms with Crippen LogP contribution in [0.4, 0.5) is 10.5 Å². The lowest BCUT2D eigenvalue weighted by molar-refractivity contribution is 0.194. The van der Waals surface area contributed by atoms with Gasteiger partial charge in [0, 0.05) is 10.1 Å². The monoisotopic (exact) mass is 404 g/mol. The number of sulfonamides is 1. The van der Waals surface area contributed by atoms with Crippen molar-refractivity contribution in [1.29, 1.82) is 0 Å². The van der Waals surface area contributed by atoms with Crippen molar-refractivity contribution in [2.24, 2.45) is 0 Å². The zero-order valence-electron chi connectivity index (χ0n) is 9.20. The summed E-state index contributed by atoms with van der Waals surface area (Å²) in [5.41, 5.74) is 0.935. The van der Waals surface area contributed by atoms with Crippen molar-refractivity contribution < 1.29 is 18.3 Å². The first-order valence-electron chi connectivity index (χ1n) is 4.61. The predicted molar refractivity (Wildman–Crippen MR) is 77.5 cm³/mol. The highest BCUT2D eigenvalue weighted by Crippen LogP contribution is 2.29. The highest BCUT2D eigenvalue weighted by Gasteiger charge is 2.12. The molecule has 1 aromatic rings. The molecule has 1 rings (SSSR count). The summed E-state index contributed by atoms with van der Waals surface area (Å²) < 4.78 is 25.2. The molecule has 0 spiro atoms. The average Bonchev–Trinajstić information content (AvgIpc) is 2.19. The second-order valence-electron chi connectivity index (χ2n) is 3.47. The molecule has 100 valence electrons. The maximum absolute atomic E-state index is 11.1. The maximum atomic E-state index is 11.1. The van der Waals surface area contributed by atoms with E-state index in [0.717, 1.165) is 6.26 Å². The lowest BCUT2D eigenvalue weighted by atomic mass is 10.2. The van der Waals surface area contributed by atoms with E-state index >= 15 is 0 Å². The largest absolute Gasteiger partial charge is 0.465 e. The summed E-state index contributed by atoms with van der Waals surface area (Å²) in [6, 6.07) is 3.16. The van der Waals surface area contributed by atoms with Crippen LogP contribution < -0.4 is 10.0 Å². The molecule has 0 aliphatic carbocycles. The van der Waals surface area contributed by atoms with Crippen LogP contribution in [0, 0.1) is 3.57 Å². The second kappa shape index (κ2) is 5.93. The van der Waals surface area contributed by atoms with Gasteiger partial charge >= 0.3 is 6.09 Å². The molecule has 0 heterocycles. The molecular weight excluding hydrogens is 395 g/mol. The minimum atomic E-state index is -3.41. The molecule has 3 N–H and O–H groups in total. The molecule has 0 fully saturated rings. The predicted octanol–water partition coefficient (Wildman–Crippen LogP) is 2.08. The van der Waals surface area contributed by atoms with E-state index in [1.165, 1.54) is 6.07 Å². The molecule has 1 aromatic carbocycles. The van der Waals surface area contributed by atoms with Gasteiger partial charge in [0.1, 0.15) is 0 Å². The van der Waals surface area contributed by atoms with Crippen molar-refractivity contribution in [3.63, 3.8) is 0 Å². The van der Waals surface area contributed by atoms with Crippen LogP contribution in [0.1, 0.15) is 5.56 Å². The summed E-state index contributed by atoms with van der Waals surface area (Å²) in [5, 5.41) is 10.9. The Hall–Kier alpha value is -0.740. The SMILES string of the molecule is CS(=O)(=O)Nc1c(Cl)cc(CNC(=O)O)cc1I. The minimum Gasteiger partial charge on any atom is -0.465 e. The number of benzene rings is 1. The van der Waals surface area contributed by atoms with Crippen molar-refractivity contribution in [1.82, 2.24) is 5.32 Å². The Morgan fingerprint density at radius 3 is 2.56 bits per heavy atom. The van der Waals surface area contributed by atoms with Crippen molar-refractivity contribution >= 4 is 56.0 Å². The van der Waals surface area contributed by atoms with Crippen molar-refractivity contribution in [2.45, 2.75) is 6.54 Å². The van der Waals surface area contributed by atoms with Gasteiger partial charge in [0.25, 0.3) is 0 Å². The van der Waals surface area contributed by atoms with Gasteiger partial charge in [0.05, 0.1) is 17.0 Å². The summed E-state index contributed by atoms with van der Waals surface area (Å²) in [5.74, 6) is 0. The van der Waals surface area contributed by atoms with Crippen LogP contribution in [0.3, 0.4) is 0 Å². The molecule has 0 saturated heterocycles. The van der Waals surface area contributed by atoms with Gasteiger partial charge in [-0.1, -0.05) is 11.6 Å². The number of nitrogens with one attached hydrogen (secondary N) is 2. The molecule has 0 aromatic heterocycles. The summed E-state index contributed by atoms with van der Waals surface area (Å²) in [6.07, 6.45) is -0.112. The zero-order valence-corrected chi connectivity index (χ0v) is 12.9. The normalized spacial score (nSPS) is 11.1. The van der Waals surface area contributed by atoms with E-state index in [-0.39, 0.29) is 11.6 Å². The zero-order chi connectivity index (χ0) is 13.9. The highest BCUT2D eigenvalue weighted by atomic mass is 127. The van der Waals surface area contributed by atoms with Crippen LogP contribution in [0.2, 0.25) is 5.02 Å². The second-order valence-corrected chi connectivity index (χ2v) is 6.79. The maximum Gasteiger partial charge on any atom is 0.404 e. The Kier molecular flexibility index (Phi) is 5.05. The van der Waals surface area contributed by atoms with Gasteiger partial charge in [0.15, 0.2) is 0 Å². The quantitative estimate of drug-likeness (QED) is 0.670. The Bertz CT molecular complexity index is 553.